The third kappa shape index (κ3) is 7.82. The molecule has 4 aromatic rings. The van der Waals surface area contributed by atoms with Crippen LogP contribution in [0, 0.1) is 3.57 Å². The standard InChI is InChI=1S/C28H25IO2P.BF4/c1-2-31-28(30)27(29-23-15-7-3-8-16-23)32(24-17-9-4-10-18-24,25-19-11-5-12-20-25)26-21-13-6-14-22-26;2-1(3,4)5/h3-22H,2H2,1H3;/q+1;-1/b28-27+;. The highest BCUT2D eigenvalue weighted by atomic mass is 127. The molecule has 0 N–H and O–H groups in total. The molecule has 0 spiro atoms. The summed E-state index contributed by atoms with van der Waals surface area (Å²) in [5.41, 5.74) is 0. The third-order valence-corrected chi connectivity index (χ3v) is 14.1. The van der Waals surface area contributed by atoms with E-state index in [1.165, 1.54) is 19.5 Å². The summed E-state index contributed by atoms with van der Waals surface area (Å²) in [7, 11) is -8.42. The number of benzene rings is 4. The predicted octanol–water partition coefficient (Wildman–Crippen LogP) is 2.76. The van der Waals surface area contributed by atoms with Crippen LogP contribution in [-0.4, -0.2) is 13.9 Å². The summed E-state index contributed by atoms with van der Waals surface area (Å²) in [6.07, 6.45) is 0. The van der Waals surface area contributed by atoms with Gasteiger partial charge in [-0.25, -0.2) is 0 Å². The highest BCUT2D eigenvalue weighted by molar-refractivity contribution is 7.98. The van der Waals surface area contributed by atoms with Gasteiger partial charge in [0, 0.05) is 0 Å². The van der Waals surface area contributed by atoms with Crippen LogP contribution in [0.5, 0.6) is 0 Å². The Hall–Kier alpha value is -2.84. The number of rotatable bonds is 8. The van der Waals surface area contributed by atoms with Gasteiger partial charge in [0.05, 0.1) is 0 Å². The molecule has 0 bridgehead atoms. The molecule has 4 aromatic carbocycles. The van der Waals surface area contributed by atoms with E-state index in [4.69, 9.17) is 4.74 Å². The maximum absolute atomic E-state index is 13.7. The van der Waals surface area contributed by atoms with Gasteiger partial charge in [-0.15, -0.1) is 0 Å². The summed E-state index contributed by atoms with van der Waals surface area (Å²) in [5.74, 6) is -0.172. The summed E-state index contributed by atoms with van der Waals surface area (Å²) in [6.45, 7) is 2.24. The zero-order chi connectivity index (χ0) is 26.7. The Bertz CT molecular complexity index is 1160. The van der Waals surface area contributed by atoms with E-state index >= 15 is 0 Å². The molecule has 0 saturated heterocycles. The first-order valence-corrected chi connectivity index (χ1v) is 15.4. The van der Waals surface area contributed by atoms with E-state index in [-0.39, 0.29) is 5.95 Å². The van der Waals surface area contributed by atoms with Crippen molar-refractivity contribution in [1.29, 1.82) is 0 Å². The second-order valence-corrected chi connectivity index (χ2v) is 14.6. The molecule has 0 aliphatic rings. The van der Waals surface area contributed by atoms with Gasteiger partial charge >= 0.3 is 31.8 Å². The molecule has 0 fully saturated rings. The van der Waals surface area contributed by atoms with Crippen LogP contribution in [0.2, 0.25) is 0 Å². The van der Waals surface area contributed by atoms with Crippen LogP contribution in [-0.2, 0) is 4.74 Å². The summed E-state index contributed by atoms with van der Waals surface area (Å²) in [4.78, 5) is 0. The van der Waals surface area contributed by atoms with Gasteiger partial charge in [-0.3, -0.25) is 0 Å². The van der Waals surface area contributed by atoms with E-state index in [1.54, 1.807) is 0 Å². The topological polar surface area (TPSA) is 32.3 Å². The van der Waals surface area contributed by atoms with Crippen molar-refractivity contribution in [2.45, 2.75) is 6.92 Å². The lowest BCUT2D eigenvalue weighted by molar-refractivity contribution is -0.576. The van der Waals surface area contributed by atoms with Crippen molar-refractivity contribution in [3.63, 3.8) is 0 Å². The molecule has 0 aliphatic carbocycles. The number of hydrogen-bond donors (Lipinski definition) is 0. The highest BCUT2D eigenvalue weighted by Crippen LogP contribution is 2.59. The molecule has 2 nitrogen and oxygen atoms in total. The fourth-order valence-corrected chi connectivity index (χ4v) is 13.6. The Kier molecular flexibility index (Phi) is 10.6. The van der Waals surface area contributed by atoms with Gasteiger partial charge < -0.3 is 27.1 Å². The lowest BCUT2D eigenvalue weighted by Gasteiger charge is -2.26. The van der Waals surface area contributed by atoms with Crippen molar-refractivity contribution >= 4 is 30.4 Å². The maximum Gasteiger partial charge on any atom is 0.673 e. The van der Waals surface area contributed by atoms with E-state index < -0.39 is 35.7 Å². The van der Waals surface area contributed by atoms with Crippen molar-refractivity contribution in [3.8, 4) is 0 Å². The maximum atomic E-state index is 13.7. The minimum Gasteiger partial charge on any atom is -0.608 e. The van der Waals surface area contributed by atoms with E-state index in [9.17, 15) is 22.4 Å². The van der Waals surface area contributed by atoms with E-state index in [2.05, 4.69) is 84.9 Å². The van der Waals surface area contributed by atoms with Crippen molar-refractivity contribution < 1.29 is 48.3 Å². The number of ether oxygens (including phenoxy) is 1. The molecule has 0 atom stereocenters. The van der Waals surface area contributed by atoms with Crippen molar-refractivity contribution in [1.82, 2.24) is 0 Å². The molecule has 4 rings (SSSR count). The van der Waals surface area contributed by atoms with Gasteiger partial charge in [0.15, 0.2) is 10.8 Å². The second kappa shape index (κ2) is 13.6. The average Bonchev–Trinajstić information content (AvgIpc) is 2.90. The zero-order valence-corrected chi connectivity index (χ0v) is 23.0. The molecular formula is C28H25BF4IO2P. The quantitative estimate of drug-likeness (QED) is 0.0979. The van der Waals surface area contributed by atoms with Gasteiger partial charge in [-0.2, -0.15) is 0 Å². The Morgan fingerprint density at radius 3 is 1.32 bits per heavy atom. The normalized spacial score (nSPS) is 12.1. The zero-order valence-electron chi connectivity index (χ0n) is 20.0. The van der Waals surface area contributed by atoms with Crippen molar-refractivity contribution in [2.75, 3.05) is 6.61 Å². The minimum atomic E-state index is -6.00. The summed E-state index contributed by atoms with van der Waals surface area (Å²) in [6, 6.07) is 41.9. The summed E-state index contributed by atoms with van der Waals surface area (Å²) < 4.78 is 46.9. The largest absolute Gasteiger partial charge is 0.673 e. The molecular weight excluding hydrogens is 613 g/mol. The van der Waals surface area contributed by atoms with Crippen LogP contribution in [0.15, 0.2) is 131 Å². The van der Waals surface area contributed by atoms with E-state index in [0.29, 0.717) is 6.61 Å². The van der Waals surface area contributed by atoms with Crippen molar-refractivity contribution in [2.24, 2.45) is 0 Å². The molecule has 9 heteroatoms. The number of hydrogen-bond acceptors (Lipinski definition) is 2. The molecule has 0 saturated carbocycles. The molecule has 0 heterocycles. The monoisotopic (exact) mass is 638 g/mol. The van der Waals surface area contributed by atoms with Crippen LogP contribution in [0.4, 0.5) is 17.3 Å². The molecule has 0 aromatic heterocycles. The van der Waals surface area contributed by atoms with Gasteiger partial charge in [-0.1, -0.05) is 79.7 Å². The fraction of sp³-hybridized carbons (Fsp3) is 0.0714. The molecule has 37 heavy (non-hydrogen) atoms. The van der Waals surface area contributed by atoms with Gasteiger partial charge in [-0.05, 0) is 55.1 Å². The van der Waals surface area contributed by atoms with Crippen LogP contribution >= 0.6 is 7.26 Å². The van der Waals surface area contributed by atoms with Crippen molar-refractivity contribution in [3.05, 3.63) is 134 Å². The van der Waals surface area contributed by atoms with E-state index in [0.717, 1.165) is 3.32 Å². The number of halogens is 5. The molecule has 0 radical (unpaired) electrons. The summed E-state index contributed by atoms with van der Waals surface area (Å²) >= 11 is -0.767. The van der Waals surface area contributed by atoms with E-state index in [1.807, 2.05) is 43.3 Å². The average molecular weight is 638 g/mol. The minimum absolute atomic E-state index is 0.172. The SMILES string of the molecule is CCO/C([O-])=C(\[I+]c1ccccc1)[P+](c1ccccc1)(c1ccccc1)c1ccccc1.F[B-](F)(F)F. The van der Waals surface area contributed by atoms with Crippen LogP contribution in [0.3, 0.4) is 0 Å². The van der Waals surface area contributed by atoms with Crippen LogP contribution < -0.4 is 42.2 Å². The Morgan fingerprint density at radius 2 is 1.00 bits per heavy atom. The van der Waals surface area contributed by atoms with Gasteiger partial charge in [0.25, 0.3) is 0 Å². The highest BCUT2D eigenvalue weighted by Gasteiger charge is 2.58. The molecule has 0 amide bonds. The Balaban J connectivity index is 0.000000695. The first-order valence-electron chi connectivity index (χ1n) is 11.4. The first-order chi connectivity index (χ1) is 17.8. The Morgan fingerprint density at radius 1 is 0.676 bits per heavy atom. The molecule has 0 unspecified atom stereocenters. The van der Waals surface area contributed by atoms with Crippen LogP contribution in [0.25, 0.3) is 0 Å². The molecule has 192 valence electrons. The molecule has 0 aliphatic heterocycles. The van der Waals surface area contributed by atoms with Crippen LogP contribution in [0.1, 0.15) is 6.92 Å². The lowest BCUT2D eigenvalue weighted by atomic mass is 10.3. The smallest absolute Gasteiger partial charge is 0.608 e. The lowest BCUT2D eigenvalue weighted by Crippen LogP contribution is -3.61. The first kappa shape index (κ1) is 28.7. The van der Waals surface area contributed by atoms with Gasteiger partial charge in [0.2, 0.25) is 0 Å². The second-order valence-electron chi connectivity index (χ2n) is 7.57. The predicted molar refractivity (Wildman–Crippen MR) is 139 cm³/mol. The summed E-state index contributed by atoms with van der Waals surface area (Å²) in [5, 5.41) is 17.2. The fourth-order valence-electron chi connectivity index (χ4n) is 3.75. The Labute approximate surface area is 225 Å². The third-order valence-electron chi connectivity index (χ3n) is 5.10. The van der Waals surface area contributed by atoms with Gasteiger partial charge in [0.1, 0.15) is 21.9 Å².